The molecular weight excluding hydrogens is 292 g/mol. The Balaban J connectivity index is 1.46. The molecule has 4 fully saturated rings. The van der Waals surface area contributed by atoms with E-state index in [4.69, 9.17) is 0 Å². The molecule has 5 heteroatoms. The van der Waals surface area contributed by atoms with Gasteiger partial charge in [-0.25, -0.2) is 4.79 Å². The average molecular weight is 314 g/mol. The fourth-order valence-electron chi connectivity index (χ4n) is 5.31. The van der Waals surface area contributed by atoms with Crippen molar-refractivity contribution in [3.8, 4) is 5.75 Å². The van der Waals surface area contributed by atoms with E-state index in [1.165, 1.54) is 43.5 Å². The summed E-state index contributed by atoms with van der Waals surface area (Å²) in [4.78, 5) is 23.8. The number of hydrogen-bond acceptors (Lipinski definition) is 3. The average Bonchev–Trinajstić information content (AvgIpc) is 2.61. The van der Waals surface area contributed by atoms with E-state index in [9.17, 15) is 14.7 Å². The molecule has 0 unspecified atom stereocenters. The number of carbonyl (C=O) groups excluding carboxylic acids is 1. The fourth-order valence-corrected chi connectivity index (χ4v) is 5.31. The summed E-state index contributed by atoms with van der Waals surface area (Å²) < 4.78 is 0. The molecule has 4 aliphatic carbocycles. The summed E-state index contributed by atoms with van der Waals surface area (Å²) in [5.74, 6) is 2.00. The van der Waals surface area contributed by atoms with Gasteiger partial charge in [-0.1, -0.05) is 0 Å². The van der Waals surface area contributed by atoms with Crippen LogP contribution < -0.4 is 16.1 Å². The summed E-state index contributed by atoms with van der Waals surface area (Å²) in [5, 5.41) is 15.4. The van der Waals surface area contributed by atoms with Crippen LogP contribution in [-0.4, -0.2) is 16.7 Å². The summed E-state index contributed by atoms with van der Waals surface area (Å²) in [6, 6.07) is 5.40. The number of anilines is 1. The number of rotatable bonds is 2. The Morgan fingerprint density at radius 2 is 1.57 bits per heavy atom. The number of amides is 2. The van der Waals surface area contributed by atoms with Crippen molar-refractivity contribution in [2.75, 3.05) is 5.32 Å². The highest BCUT2D eigenvalue weighted by Gasteiger charge is 2.51. The van der Waals surface area contributed by atoms with E-state index in [1.807, 2.05) is 0 Å². The van der Waals surface area contributed by atoms with Gasteiger partial charge in [0.2, 0.25) is 5.43 Å². The van der Waals surface area contributed by atoms with Gasteiger partial charge >= 0.3 is 6.03 Å². The lowest BCUT2D eigenvalue weighted by Crippen LogP contribution is -2.60. The Labute approximate surface area is 135 Å². The maximum atomic E-state index is 12.4. The van der Waals surface area contributed by atoms with Crippen LogP contribution in [0.25, 0.3) is 0 Å². The smallest absolute Gasteiger partial charge is 0.319 e. The van der Waals surface area contributed by atoms with Gasteiger partial charge in [0, 0.05) is 11.2 Å². The number of aromatic hydroxyl groups is 1. The maximum Gasteiger partial charge on any atom is 0.319 e. The summed E-state index contributed by atoms with van der Waals surface area (Å²) >= 11 is 0. The van der Waals surface area contributed by atoms with E-state index in [0.717, 1.165) is 37.0 Å². The van der Waals surface area contributed by atoms with Gasteiger partial charge in [-0.05, 0) is 80.5 Å². The second-order valence-electron chi connectivity index (χ2n) is 7.65. The van der Waals surface area contributed by atoms with Crippen molar-refractivity contribution in [2.24, 2.45) is 17.8 Å². The Bertz CT molecular complexity index is 666. The van der Waals surface area contributed by atoms with Gasteiger partial charge in [0.25, 0.3) is 0 Å². The standard InChI is InChI=1S/C18H22N2O3/c21-15-3-1-14(2-4-16(15)22)19-17(23)20-18-8-11-5-12(9-18)7-13(6-11)10-18/h1-4,11-13H,5-10H2,(H,21,22)(H2,19,20,23). The van der Waals surface area contributed by atoms with E-state index < -0.39 is 5.43 Å². The van der Waals surface area contributed by atoms with Crippen LogP contribution in [-0.2, 0) is 0 Å². The molecule has 1 aromatic carbocycles. The second-order valence-corrected chi connectivity index (χ2v) is 7.65. The Kier molecular flexibility index (Phi) is 3.32. The fraction of sp³-hybridized carbons (Fsp3) is 0.556. The summed E-state index contributed by atoms with van der Waals surface area (Å²) in [7, 11) is 0. The lowest BCUT2D eigenvalue weighted by Gasteiger charge is -2.56. The van der Waals surface area contributed by atoms with Crippen molar-refractivity contribution in [1.29, 1.82) is 0 Å². The Morgan fingerprint density at radius 3 is 2.17 bits per heavy atom. The third-order valence-corrected chi connectivity index (χ3v) is 5.76. The van der Waals surface area contributed by atoms with Crippen molar-refractivity contribution in [3.63, 3.8) is 0 Å². The van der Waals surface area contributed by atoms with Gasteiger partial charge in [-0.15, -0.1) is 0 Å². The summed E-state index contributed by atoms with van der Waals surface area (Å²) in [5.41, 5.74) is 0.00548. The Morgan fingerprint density at radius 1 is 1.00 bits per heavy atom. The largest absolute Gasteiger partial charge is 0.504 e. The highest BCUT2D eigenvalue weighted by molar-refractivity contribution is 5.89. The first kappa shape index (κ1) is 14.5. The van der Waals surface area contributed by atoms with Gasteiger partial charge in [0.05, 0.1) is 0 Å². The molecule has 1 aromatic rings. The third-order valence-electron chi connectivity index (χ3n) is 5.76. The molecule has 0 heterocycles. The molecule has 0 radical (unpaired) electrons. The van der Waals surface area contributed by atoms with Crippen LogP contribution in [0.1, 0.15) is 38.5 Å². The third kappa shape index (κ3) is 2.80. The predicted octanol–water partition coefficient (Wildman–Crippen LogP) is 2.84. The molecule has 3 N–H and O–H groups in total. The minimum Gasteiger partial charge on any atom is -0.504 e. The monoisotopic (exact) mass is 314 g/mol. The van der Waals surface area contributed by atoms with Crippen LogP contribution in [0, 0.1) is 17.8 Å². The van der Waals surface area contributed by atoms with Crippen LogP contribution >= 0.6 is 0 Å². The molecular formula is C18H22N2O3. The van der Waals surface area contributed by atoms with Crippen LogP contribution in [0.5, 0.6) is 5.75 Å². The quantitative estimate of drug-likeness (QED) is 0.785. The Hall–Kier alpha value is -2.04. The molecule has 4 bridgehead atoms. The first-order valence-electron chi connectivity index (χ1n) is 8.44. The molecule has 5 rings (SSSR count). The molecule has 122 valence electrons. The first-order valence-corrected chi connectivity index (χ1v) is 8.44. The zero-order valence-corrected chi connectivity index (χ0v) is 13.0. The molecule has 4 aliphatic rings. The SMILES string of the molecule is O=C(Nc1ccc(O)c(=O)cc1)NC12CC3CC(CC(C3)C1)C2. The minimum absolute atomic E-state index is 0.0400. The van der Waals surface area contributed by atoms with E-state index in [-0.39, 0.29) is 17.3 Å². The highest BCUT2D eigenvalue weighted by atomic mass is 16.3. The molecule has 0 spiro atoms. The van der Waals surface area contributed by atoms with Gasteiger partial charge < -0.3 is 15.7 Å². The molecule has 0 atom stereocenters. The van der Waals surface area contributed by atoms with Crippen molar-refractivity contribution in [3.05, 3.63) is 34.5 Å². The van der Waals surface area contributed by atoms with E-state index in [1.54, 1.807) is 0 Å². The zero-order chi connectivity index (χ0) is 16.0. The van der Waals surface area contributed by atoms with Crippen LogP contribution in [0.15, 0.2) is 29.1 Å². The normalized spacial score (nSPS) is 34.2. The molecule has 0 aliphatic heterocycles. The van der Waals surface area contributed by atoms with Gasteiger partial charge in [0.15, 0.2) is 5.75 Å². The lowest BCUT2D eigenvalue weighted by molar-refractivity contribution is -0.0127. The molecule has 2 amide bonds. The van der Waals surface area contributed by atoms with Gasteiger partial charge in [0.1, 0.15) is 0 Å². The number of carbonyl (C=O) groups is 1. The number of urea groups is 1. The highest BCUT2D eigenvalue weighted by Crippen LogP contribution is 2.55. The topological polar surface area (TPSA) is 78.4 Å². The molecule has 0 saturated heterocycles. The molecule has 0 aromatic heterocycles. The first-order chi connectivity index (χ1) is 11.0. The van der Waals surface area contributed by atoms with Crippen molar-refractivity contribution in [2.45, 2.75) is 44.1 Å². The molecule has 5 nitrogen and oxygen atoms in total. The van der Waals surface area contributed by atoms with Crippen LogP contribution in [0.4, 0.5) is 10.5 Å². The van der Waals surface area contributed by atoms with Gasteiger partial charge in [-0.3, -0.25) is 4.79 Å². The maximum absolute atomic E-state index is 12.4. The van der Waals surface area contributed by atoms with Crippen LogP contribution in [0.2, 0.25) is 0 Å². The number of nitrogens with one attached hydrogen (secondary N) is 2. The van der Waals surface area contributed by atoms with E-state index in [2.05, 4.69) is 10.6 Å². The lowest BCUT2D eigenvalue weighted by atomic mass is 9.53. The van der Waals surface area contributed by atoms with Gasteiger partial charge in [-0.2, -0.15) is 0 Å². The van der Waals surface area contributed by atoms with Crippen molar-refractivity contribution in [1.82, 2.24) is 5.32 Å². The van der Waals surface area contributed by atoms with E-state index in [0.29, 0.717) is 5.69 Å². The predicted molar refractivity (Wildman–Crippen MR) is 87.4 cm³/mol. The minimum atomic E-state index is -0.459. The zero-order valence-electron chi connectivity index (χ0n) is 13.0. The van der Waals surface area contributed by atoms with Crippen LogP contribution in [0.3, 0.4) is 0 Å². The van der Waals surface area contributed by atoms with Crippen molar-refractivity contribution < 1.29 is 9.90 Å². The second kappa shape index (κ2) is 5.25. The molecule has 23 heavy (non-hydrogen) atoms. The molecule has 4 saturated carbocycles. The summed E-state index contributed by atoms with van der Waals surface area (Å²) in [6.07, 6.45) is 7.30. The van der Waals surface area contributed by atoms with Crippen molar-refractivity contribution >= 4 is 11.7 Å². The number of hydrogen-bond donors (Lipinski definition) is 3. The summed E-state index contributed by atoms with van der Waals surface area (Å²) in [6.45, 7) is 0. The van der Waals surface area contributed by atoms with E-state index >= 15 is 0 Å².